The molecule has 88 valence electrons. The maximum absolute atomic E-state index is 11.0. The monoisotopic (exact) mass is 260 g/mol. The number of carboxylic acids is 2. The molecule has 0 bridgehead atoms. The molecule has 0 fully saturated rings. The molecule has 6 heteroatoms. The van der Waals surface area contributed by atoms with Gasteiger partial charge in [0.25, 0.3) is 0 Å². The fourth-order valence-electron chi connectivity index (χ4n) is 1.65. The number of aliphatic carboxylic acids is 2. The summed E-state index contributed by atoms with van der Waals surface area (Å²) in [6.07, 6.45) is 0. The molecule has 0 saturated heterocycles. The third-order valence-electron chi connectivity index (χ3n) is 3.42. The van der Waals surface area contributed by atoms with Crippen LogP contribution in [0.5, 0.6) is 0 Å². The molecule has 0 heterocycles. The molecule has 0 aliphatic carbocycles. The van der Waals surface area contributed by atoms with Crippen LogP contribution in [0.3, 0.4) is 0 Å². The van der Waals surface area contributed by atoms with Gasteiger partial charge in [-0.1, -0.05) is 34.6 Å². The second-order valence-electron chi connectivity index (χ2n) is 4.88. The molecule has 0 N–H and O–H groups in total. The first-order chi connectivity index (χ1) is 6.62. The molecule has 0 aromatic carbocycles. The van der Waals surface area contributed by atoms with Crippen LogP contribution in [0.25, 0.3) is 0 Å². The van der Waals surface area contributed by atoms with Crippen molar-refractivity contribution in [3.05, 3.63) is 0 Å². The van der Waals surface area contributed by atoms with Gasteiger partial charge in [0.2, 0.25) is 0 Å². The molecule has 0 aromatic rings. The Balaban J connectivity index is -0.000000980. The fourth-order valence-corrected chi connectivity index (χ4v) is 1.65. The minimum Gasteiger partial charge on any atom is -0.550 e. The van der Waals surface area contributed by atoms with Gasteiger partial charge >= 0.3 is 59.1 Å². The van der Waals surface area contributed by atoms with Gasteiger partial charge in [0.05, 0.1) is 0 Å². The van der Waals surface area contributed by atoms with E-state index in [4.69, 9.17) is 0 Å². The van der Waals surface area contributed by atoms with Crippen LogP contribution >= 0.6 is 0 Å². The van der Waals surface area contributed by atoms with E-state index in [9.17, 15) is 19.8 Å². The Morgan fingerprint density at radius 3 is 1.47 bits per heavy atom. The Kier molecular flexibility index (Phi) is 12.1. The Bertz CT molecular complexity index is 264. The number of carbonyl (C=O) groups excluding carboxylic acids is 2. The van der Waals surface area contributed by atoms with E-state index >= 15 is 0 Å². The van der Waals surface area contributed by atoms with Crippen LogP contribution in [0.2, 0.25) is 0 Å². The van der Waals surface area contributed by atoms with Crippen molar-refractivity contribution in [3.63, 3.8) is 0 Å². The predicted molar refractivity (Wildman–Crippen MR) is 51.3 cm³/mol. The summed E-state index contributed by atoms with van der Waals surface area (Å²) in [5.41, 5.74) is -0.641. The first kappa shape index (κ1) is 23.1. The number of carboxylic acid groups (broad SMARTS) is 2. The molecule has 2 unspecified atom stereocenters. The Morgan fingerprint density at radius 2 is 1.29 bits per heavy atom. The van der Waals surface area contributed by atoms with Gasteiger partial charge in [-0.25, -0.2) is 0 Å². The first-order valence-corrected chi connectivity index (χ1v) is 5.04. The molecule has 0 amide bonds. The van der Waals surface area contributed by atoms with E-state index in [1.807, 2.05) is 13.8 Å². The van der Waals surface area contributed by atoms with Crippen molar-refractivity contribution in [3.8, 4) is 0 Å². The summed E-state index contributed by atoms with van der Waals surface area (Å²) in [7, 11) is 0. The summed E-state index contributed by atoms with van der Waals surface area (Å²) in [5.74, 6) is -4.72. The third kappa shape index (κ3) is 6.08. The number of hydrogen-bond donors (Lipinski definition) is 0. The van der Waals surface area contributed by atoms with Crippen LogP contribution in [-0.2, 0) is 9.59 Å². The Labute approximate surface area is 147 Å². The van der Waals surface area contributed by atoms with Crippen LogP contribution < -0.4 is 69.3 Å². The van der Waals surface area contributed by atoms with Crippen LogP contribution in [0, 0.1) is 23.2 Å². The van der Waals surface area contributed by atoms with Gasteiger partial charge in [-0.3, -0.25) is 0 Å². The molecule has 0 aromatic heterocycles. The molecular weight excluding hydrogens is 242 g/mol. The molecule has 0 aliphatic heterocycles. The largest absolute Gasteiger partial charge is 1.00 e. The molecule has 4 nitrogen and oxygen atoms in total. The average molecular weight is 260 g/mol. The standard InChI is InChI=1S/C11H20O4.2Na/c1-6(2)11(4,5)8(10(14)15)7(3)9(12)13;;/h6-8H,1-5H3,(H,12,13)(H,14,15);;/q;2*+1/p-2. The molecule has 2 atom stereocenters. The average Bonchev–Trinajstić information content (AvgIpc) is 2.02. The molecule has 0 spiro atoms. The third-order valence-corrected chi connectivity index (χ3v) is 3.42. The summed E-state index contributed by atoms with van der Waals surface area (Å²) in [6.45, 7) is 8.53. The molecule has 0 rings (SSSR count). The zero-order valence-corrected chi connectivity index (χ0v) is 15.9. The second kappa shape index (κ2) is 8.94. The molecule has 0 radical (unpaired) electrons. The zero-order chi connectivity index (χ0) is 12.4. The topological polar surface area (TPSA) is 80.3 Å². The van der Waals surface area contributed by atoms with Crippen molar-refractivity contribution in [1.29, 1.82) is 0 Å². The second-order valence-corrected chi connectivity index (χ2v) is 4.88. The smallest absolute Gasteiger partial charge is 0.550 e. The van der Waals surface area contributed by atoms with E-state index in [0.717, 1.165) is 0 Å². The molecule has 0 aliphatic rings. The van der Waals surface area contributed by atoms with Crippen molar-refractivity contribution in [2.75, 3.05) is 0 Å². The number of rotatable bonds is 5. The Morgan fingerprint density at radius 1 is 0.941 bits per heavy atom. The maximum atomic E-state index is 11.0. The van der Waals surface area contributed by atoms with Gasteiger partial charge in [-0.05, 0) is 11.3 Å². The Hall–Kier alpha value is 0.940. The molecule has 0 saturated carbocycles. The van der Waals surface area contributed by atoms with Crippen LogP contribution in [0.1, 0.15) is 34.6 Å². The van der Waals surface area contributed by atoms with Crippen molar-refractivity contribution >= 4 is 11.9 Å². The normalized spacial score (nSPS) is 14.2. The van der Waals surface area contributed by atoms with E-state index < -0.39 is 29.2 Å². The van der Waals surface area contributed by atoms with Gasteiger partial charge in [0.1, 0.15) is 0 Å². The number of carbonyl (C=O) groups is 2. The predicted octanol–water partition coefficient (Wildman–Crippen LogP) is -6.57. The van der Waals surface area contributed by atoms with Gasteiger partial charge in [0, 0.05) is 23.8 Å². The first-order valence-electron chi connectivity index (χ1n) is 5.04. The van der Waals surface area contributed by atoms with Gasteiger partial charge in [-0.2, -0.15) is 0 Å². The minimum absolute atomic E-state index is 0. The number of hydrogen-bond acceptors (Lipinski definition) is 4. The van der Waals surface area contributed by atoms with Gasteiger partial charge < -0.3 is 19.8 Å². The maximum Gasteiger partial charge on any atom is 1.00 e. The summed E-state index contributed by atoms with van der Waals surface area (Å²) in [4.78, 5) is 21.7. The van der Waals surface area contributed by atoms with Crippen molar-refractivity contribution in [2.45, 2.75) is 34.6 Å². The van der Waals surface area contributed by atoms with Crippen LogP contribution in [0.4, 0.5) is 0 Å². The van der Waals surface area contributed by atoms with Crippen molar-refractivity contribution in [1.82, 2.24) is 0 Å². The van der Waals surface area contributed by atoms with Crippen molar-refractivity contribution in [2.24, 2.45) is 23.2 Å². The molecule has 17 heavy (non-hydrogen) atoms. The van der Waals surface area contributed by atoms with Crippen LogP contribution in [-0.4, -0.2) is 11.9 Å². The molecular formula is C11H18Na2O4. The summed E-state index contributed by atoms with van der Waals surface area (Å²) < 4.78 is 0. The van der Waals surface area contributed by atoms with Crippen molar-refractivity contribution < 1.29 is 78.9 Å². The van der Waals surface area contributed by atoms with E-state index in [-0.39, 0.29) is 65.0 Å². The minimum atomic E-state index is -1.35. The summed E-state index contributed by atoms with van der Waals surface area (Å²) in [6, 6.07) is 0. The van der Waals surface area contributed by atoms with E-state index in [2.05, 4.69) is 0 Å². The summed E-state index contributed by atoms with van der Waals surface area (Å²) >= 11 is 0. The van der Waals surface area contributed by atoms with Gasteiger partial charge in [-0.15, -0.1) is 0 Å². The SMILES string of the molecule is CC(C(=O)[O-])C(C(=O)[O-])C(C)(C)C(C)C.[Na+].[Na+]. The summed E-state index contributed by atoms with van der Waals surface area (Å²) in [5, 5.41) is 21.7. The quantitative estimate of drug-likeness (QED) is 0.460. The fraction of sp³-hybridized carbons (Fsp3) is 0.818. The zero-order valence-electron chi connectivity index (χ0n) is 11.9. The van der Waals surface area contributed by atoms with Crippen LogP contribution in [0.15, 0.2) is 0 Å². The van der Waals surface area contributed by atoms with E-state index in [0.29, 0.717) is 0 Å². The van der Waals surface area contributed by atoms with E-state index in [1.165, 1.54) is 6.92 Å². The van der Waals surface area contributed by atoms with Gasteiger partial charge in [0.15, 0.2) is 0 Å². The van der Waals surface area contributed by atoms with E-state index in [1.54, 1.807) is 13.8 Å².